The number of methoxy groups -OCH3 is 1. The molecule has 1 aromatic carbocycles. The molecule has 3 unspecified atom stereocenters. The maximum absolute atomic E-state index is 13.0. The van der Waals surface area contributed by atoms with E-state index in [4.69, 9.17) is 4.74 Å². The summed E-state index contributed by atoms with van der Waals surface area (Å²) in [6, 6.07) is 8.92. The molecule has 4 rings (SSSR count). The van der Waals surface area contributed by atoms with Crippen LogP contribution in [0.2, 0.25) is 0 Å². The van der Waals surface area contributed by atoms with Crippen LogP contribution in [0, 0.1) is 12.8 Å². The number of ether oxygens (including phenoxy) is 1. The highest BCUT2D eigenvalue weighted by atomic mass is 16.5. The van der Waals surface area contributed by atoms with E-state index in [-0.39, 0.29) is 36.7 Å². The van der Waals surface area contributed by atoms with Gasteiger partial charge in [0, 0.05) is 43.2 Å². The van der Waals surface area contributed by atoms with Crippen LogP contribution in [0.15, 0.2) is 30.3 Å². The zero-order valence-electron chi connectivity index (χ0n) is 17.7. The number of benzene rings is 1. The molecule has 10 nitrogen and oxygen atoms in total. The van der Waals surface area contributed by atoms with Crippen molar-refractivity contribution in [1.29, 1.82) is 0 Å². The fraction of sp³-hybridized carbons (Fsp3) is 0.429. The molecule has 3 heterocycles. The molecule has 2 aromatic rings. The lowest BCUT2D eigenvalue weighted by atomic mass is 10.1. The lowest BCUT2D eigenvalue weighted by Gasteiger charge is -2.30. The first-order valence-corrected chi connectivity index (χ1v) is 10.2. The van der Waals surface area contributed by atoms with Crippen molar-refractivity contribution in [1.82, 2.24) is 20.4 Å². The lowest BCUT2D eigenvalue weighted by Crippen LogP contribution is -2.52. The Bertz CT molecular complexity index is 1020. The molecule has 2 saturated heterocycles. The normalized spacial score (nSPS) is 23.6. The molecule has 31 heavy (non-hydrogen) atoms. The van der Waals surface area contributed by atoms with Crippen LogP contribution in [-0.2, 0) is 14.4 Å². The van der Waals surface area contributed by atoms with Crippen molar-refractivity contribution in [2.45, 2.75) is 39.0 Å². The van der Waals surface area contributed by atoms with Crippen molar-refractivity contribution in [3.63, 3.8) is 0 Å². The van der Waals surface area contributed by atoms with Crippen LogP contribution in [-0.4, -0.2) is 47.2 Å². The Morgan fingerprint density at radius 2 is 2.06 bits per heavy atom. The Morgan fingerprint density at radius 3 is 2.81 bits per heavy atom. The van der Waals surface area contributed by atoms with Crippen molar-refractivity contribution in [3.05, 3.63) is 36.0 Å². The van der Waals surface area contributed by atoms with Crippen molar-refractivity contribution >= 4 is 29.2 Å². The average molecular weight is 426 g/mol. The first-order chi connectivity index (χ1) is 14.8. The zero-order valence-corrected chi connectivity index (χ0v) is 17.7. The molecule has 164 valence electrons. The average Bonchev–Trinajstić information content (AvgIpc) is 3.29. The minimum Gasteiger partial charge on any atom is -0.497 e. The summed E-state index contributed by atoms with van der Waals surface area (Å²) in [6.07, 6.45) is -0.0623. The second-order valence-electron chi connectivity index (χ2n) is 7.95. The third-order valence-electron chi connectivity index (χ3n) is 5.45. The number of hydrogen-bond donors (Lipinski definition) is 3. The number of hydrogen-bond acceptors (Lipinski definition) is 6. The molecule has 10 heteroatoms. The summed E-state index contributed by atoms with van der Waals surface area (Å²) in [5, 5.41) is 13.4. The van der Waals surface area contributed by atoms with Crippen LogP contribution in [0.3, 0.4) is 0 Å². The summed E-state index contributed by atoms with van der Waals surface area (Å²) in [5.74, 6) is 0.130. The van der Waals surface area contributed by atoms with E-state index in [0.717, 1.165) is 0 Å². The third-order valence-corrected chi connectivity index (χ3v) is 5.45. The summed E-state index contributed by atoms with van der Waals surface area (Å²) in [7, 11) is 1.57. The summed E-state index contributed by atoms with van der Waals surface area (Å²) in [4.78, 5) is 39.1. The highest BCUT2D eigenvalue weighted by molar-refractivity contribution is 6.03. The molecule has 0 aliphatic carbocycles. The highest BCUT2D eigenvalue weighted by Gasteiger charge is 2.36. The Balaban J connectivity index is 1.48. The number of carbonyl (C=O) groups excluding carboxylic acids is 3. The molecule has 2 fully saturated rings. The minimum absolute atomic E-state index is 0.0179. The Kier molecular flexibility index (Phi) is 5.64. The third kappa shape index (κ3) is 4.38. The minimum atomic E-state index is -0.557. The van der Waals surface area contributed by atoms with Crippen molar-refractivity contribution in [2.24, 2.45) is 5.92 Å². The molecule has 0 spiro atoms. The first kappa shape index (κ1) is 20.9. The van der Waals surface area contributed by atoms with Gasteiger partial charge in [0.1, 0.15) is 11.6 Å². The van der Waals surface area contributed by atoms with Crippen LogP contribution < -0.4 is 25.6 Å². The van der Waals surface area contributed by atoms with E-state index in [9.17, 15) is 14.4 Å². The molecule has 3 atom stereocenters. The quantitative estimate of drug-likeness (QED) is 0.660. The van der Waals surface area contributed by atoms with Gasteiger partial charge in [0.05, 0.1) is 18.7 Å². The fourth-order valence-corrected chi connectivity index (χ4v) is 3.94. The summed E-state index contributed by atoms with van der Waals surface area (Å²) < 4.78 is 6.78. The van der Waals surface area contributed by atoms with Gasteiger partial charge in [-0.1, -0.05) is 6.07 Å². The molecule has 1 aromatic heterocycles. The number of amides is 3. The van der Waals surface area contributed by atoms with Crippen LogP contribution in [0.5, 0.6) is 5.75 Å². The number of aromatic nitrogens is 2. The largest absolute Gasteiger partial charge is 0.497 e. The van der Waals surface area contributed by atoms with E-state index < -0.39 is 12.2 Å². The molecular weight excluding hydrogens is 400 g/mol. The molecule has 0 bridgehead atoms. The zero-order chi connectivity index (χ0) is 22.1. The van der Waals surface area contributed by atoms with Gasteiger partial charge >= 0.3 is 0 Å². The number of nitrogens with one attached hydrogen (secondary N) is 3. The Hall–Kier alpha value is -3.40. The second kappa shape index (κ2) is 8.38. The second-order valence-corrected chi connectivity index (χ2v) is 7.95. The number of aryl methyl sites for hydroxylation is 1. The summed E-state index contributed by atoms with van der Waals surface area (Å²) in [5.41, 5.74) is 1.40. The smallest absolute Gasteiger partial charge is 0.230 e. The van der Waals surface area contributed by atoms with E-state index in [2.05, 4.69) is 21.0 Å². The van der Waals surface area contributed by atoms with Crippen molar-refractivity contribution in [2.75, 3.05) is 23.9 Å². The maximum Gasteiger partial charge on any atom is 0.230 e. The van der Waals surface area contributed by atoms with Gasteiger partial charge < -0.3 is 20.3 Å². The maximum atomic E-state index is 13.0. The van der Waals surface area contributed by atoms with Gasteiger partial charge in [-0.15, -0.1) is 0 Å². The van der Waals surface area contributed by atoms with E-state index in [1.807, 2.05) is 26.0 Å². The topological polar surface area (TPSA) is 118 Å². The van der Waals surface area contributed by atoms with Gasteiger partial charge in [-0.05, 0) is 26.0 Å². The van der Waals surface area contributed by atoms with E-state index in [0.29, 0.717) is 29.4 Å². The fourth-order valence-electron chi connectivity index (χ4n) is 3.94. The van der Waals surface area contributed by atoms with Gasteiger partial charge in [-0.2, -0.15) is 5.10 Å². The number of carbonyl (C=O) groups is 3. The molecule has 0 saturated carbocycles. The van der Waals surface area contributed by atoms with Gasteiger partial charge in [0.15, 0.2) is 6.29 Å². The Labute approximate surface area is 179 Å². The SMILES string of the molecule is COc1cccc(N2CC(C(=O)Nc3cc(C)nn3C3NC(=O)CC(C)N3)CC2=O)c1. The standard InChI is InChI=1S/C21H26N6O4/c1-12-8-18(28)24-21(22-12)27-17(7-13(2)25-27)23-20(30)14-9-19(29)26(11-14)15-5-4-6-16(10-15)31-3/h4-7,10,12,14,21-22H,8-9,11H2,1-3H3,(H,23,30)(H,24,28). The van der Waals surface area contributed by atoms with Gasteiger partial charge in [-0.3, -0.25) is 19.7 Å². The first-order valence-electron chi connectivity index (χ1n) is 10.2. The number of rotatable bonds is 5. The molecule has 2 aliphatic rings. The van der Waals surface area contributed by atoms with E-state index >= 15 is 0 Å². The monoisotopic (exact) mass is 426 g/mol. The molecule has 3 N–H and O–H groups in total. The van der Waals surface area contributed by atoms with Crippen LogP contribution in [0.25, 0.3) is 0 Å². The predicted molar refractivity (Wildman–Crippen MR) is 113 cm³/mol. The van der Waals surface area contributed by atoms with E-state index in [1.165, 1.54) is 0 Å². The highest BCUT2D eigenvalue weighted by Crippen LogP contribution is 2.29. The number of anilines is 2. The molecule has 2 aliphatic heterocycles. The van der Waals surface area contributed by atoms with Gasteiger partial charge in [0.25, 0.3) is 0 Å². The van der Waals surface area contributed by atoms with E-state index in [1.54, 1.807) is 34.9 Å². The molecular formula is C21H26N6O4. The number of nitrogens with zero attached hydrogens (tertiary/aromatic N) is 3. The van der Waals surface area contributed by atoms with Crippen LogP contribution in [0.4, 0.5) is 11.5 Å². The van der Waals surface area contributed by atoms with Crippen molar-refractivity contribution < 1.29 is 19.1 Å². The van der Waals surface area contributed by atoms with Crippen LogP contribution >= 0.6 is 0 Å². The Morgan fingerprint density at radius 1 is 1.26 bits per heavy atom. The summed E-state index contributed by atoms with van der Waals surface area (Å²) >= 11 is 0. The van der Waals surface area contributed by atoms with Gasteiger partial charge in [-0.25, -0.2) is 4.68 Å². The lowest BCUT2D eigenvalue weighted by molar-refractivity contribution is -0.125. The summed E-state index contributed by atoms with van der Waals surface area (Å²) in [6.45, 7) is 4.00. The predicted octanol–water partition coefficient (Wildman–Crippen LogP) is 1.15. The molecule has 0 radical (unpaired) electrons. The molecule has 3 amide bonds. The van der Waals surface area contributed by atoms with Crippen LogP contribution in [0.1, 0.15) is 31.7 Å². The van der Waals surface area contributed by atoms with Crippen molar-refractivity contribution in [3.8, 4) is 5.75 Å². The van der Waals surface area contributed by atoms with Gasteiger partial charge in [0.2, 0.25) is 17.7 Å².